The van der Waals surface area contributed by atoms with Crippen LogP contribution >= 0.6 is 0 Å². The Bertz CT molecular complexity index is 1330. The number of carbonyl (C=O) groups excluding carboxylic acids is 2. The van der Waals surface area contributed by atoms with Crippen molar-refractivity contribution in [3.63, 3.8) is 0 Å². The minimum absolute atomic E-state index is 0.167. The summed E-state index contributed by atoms with van der Waals surface area (Å²) in [6.07, 6.45) is 1.79. The molecule has 0 heterocycles. The fraction of sp³-hybridized carbons (Fsp3) is 0.200. The van der Waals surface area contributed by atoms with Gasteiger partial charge in [-0.05, 0) is 48.2 Å². The second-order valence-corrected chi connectivity index (χ2v) is 8.72. The van der Waals surface area contributed by atoms with Gasteiger partial charge < -0.3 is 0 Å². The zero-order valence-electron chi connectivity index (χ0n) is 20.6. The number of nitrogens with zero attached hydrogens (tertiary/aromatic N) is 2. The Morgan fingerprint density at radius 1 is 0.583 bits per heavy atom. The quantitative estimate of drug-likeness (QED) is 0.177. The third kappa shape index (κ3) is 6.21. The van der Waals surface area contributed by atoms with Gasteiger partial charge in [-0.1, -0.05) is 84.9 Å². The first-order valence-electron chi connectivity index (χ1n) is 12.2. The summed E-state index contributed by atoms with van der Waals surface area (Å²) in [5.74, 6) is -0.334. The zero-order chi connectivity index (χ0) is 25.3. The van der Waals surface area contributed by atoms with Gasteiger partial charge in [0.1, 0.15) is 0 Å². The molecule has 6 nitrogen and oxygen atoms in total. The lowest BCUT2D eigenvalue weighted by atomic mass is 10.0. The average molecular weight is 479 g/mol. The minimum Gasteiger partial charge on any atom is -0.273 e. The van der Waals surface area contributed by atoms with Gasteiger partial charge in [0.05, 0.1) is 11.4 Å². The molecule has 6 heteroatoms. The largest absolute Gasteiger partial charge is 0.273 e. The summed E-state index contributed by atoms with van der Waals surface area (Å²) < 4.78 is 0. The number of carbonyl (C=O) groups is 2. The van der Waals surface area contributed by atoms with Gasteiger partial charge >= 0.3 is 0 Å². The van der Waals surface area contributed by atoms with E-state index < -0.39 is 0 Å². The predicted octanol–water partition coefficient (Wildman–Crippen LogP) is 5.93. The summed E-state index contributed by atoms with van der Waals surface area (Å²) in [7, 11) is 0. The zero-order valence-corrected chi connectivity index (χ0v) is 20.6. The van der Waals surface area contributed by atoms with Crippen LogP contribution in [-0.4, -0.2) is 23.2 Å². The Kier molecular flexibility index (Phi) is 8.19. The monoisotopic (exact) mass is 478 g/mol. The van der Waals surface area contributed by atoms with Crippen LogP contribution in [0.4, 0.5) is 0 Å². The highest BCUT2D eigenvalue weighted by Crippen LogP contribution is 2.20. The van der Waals surface area contributed by atoms with Crippen LogP contribution in [-0.2, 0) is 9.59 Å². The summed E-state index contributed by atoms with van der Waals surface area (Å²) in [4.78, 5) is 24.5. The van der Waals surface area contributed by atoms with E-state index in [-0.39, 0.29) is 11.8 Å². The minimum atomic E-state index is -0.167. The molecule has 0 aliphatic carbocycles. The van der Waals surface area contributed by atoms with Gasteiger partial charge in [-0.15, -0.1) is 0 Å². The maximum atomic E-state index is 12.2. The molecule has 4 rings (SSSR count). The van der Waals surface area contributed by atoms with Gasteiger partial charge in [-0.2, -0.15) is 10.2 Å². The van der Waals surface area contributed by atoms with Gasteiger partial charge in [0.25, 0.3) is 0 Å². The van der Waals surface area contributed by atoms with Gasteiger partial charge in [-0.25, -0.2) is 10.9 Å². The number of amides is 2. The first-order valence-corrected chi connectivity index (χ1v) is 12.2. The van der Waals surface area contributed by atoms with Crippen molar-refractivity contribution in [2.75, 3.05) is 0 Å². The Hall–Kier alpha value is -4.32. The Labute approximate surface area is 211 Å². The van der Waals surface area contributed by atoms with Crippen LogP contribution in [0.5, 0.6) is 0 Å². The van der Waals surface area contributed by atoms with E-state index in [1.165, 1.54) is 0 Å². The standard InChI is InChI=1S/C30H30N4O2/c1-21(25-17-9-13-23-11-3-5-15-27(23)25)31-33-29(35)19-7-8-20-30(36)34-32-22(2)26-18-10-14-24-12-4-6-16-28(24)26/h3-6,9-18H,7-8,19-20H2,1-2H3,(H,33,35)(H,34,36). The highest BCUT2D eigenvalue weighted by molar-refractivity contribution is 6.10. The van der Waals surface area contributed by atoms with Crippen LogP contribution in [0.3, 0.4) is 0 Å². The molecule has 0 radical (unpaired) electrons. The number of rotatable bonds is 9. The Morgan fingerprint density at radius 3 is 1.42 bits per heavy atom. The molecule has 0 saturated heterocycles. The van der Waals surface area contributed by atoms with Crippen molar-refractivity contribution in [3.05, 3.63) is 96.1 Å². The van der Waals surface area contributed by atoms with Crippen molar-refractivity contribution in [1.82, 2.24) is 10.9 Å². The first kappa shape index (κ1) is 24.8. The third-order valence-electron chi connectivity index (χ3n) is 6.11. The van der Waals surface area contributed by atoms with Crippen LogP contribution < -0.4 is 10.9 Å². The average Bonchev–Trinajstić information content (AvgIpc) is 2.92. The number of hydrogen-bond acceptors (Lipinski definition) is 4. The van der Waals surface area contributed by atoms with Crippen LogP contribution in [0, 0.1) is 0 Å². The van der Waals surface area contributed by atoms with E-state index in [1.807, 2.05) is 74.5 Å². The van der Waals surface area contributed by atoms with Crippen LogP contribution in [0.15, 0.2) is 95.1 Å². The molecular formula is C30H30N4O2. The molecule has 2 amide bonds. The molecule has 0 spiro atoms. The van der Waals surface area contributed by atoms with E-state index >= 15 is 0 Å². The van der Waals surface area contributed by atoms with Gasteiger partial charge in [-0.3, -0.25) is 9.59 Å². The summed E-state index contributed by atoms with van der Waals surface area (Å²) in [6.45, 7) is 3.76. The lowest BCUT2D eigenvalue weighted by molar-refractivity contribution is -0.123. The molecule has 182 valence electrons. The molecule has 0 unspecified atom stereocenters. The molecule has 0 atom stereocenters. The van der Waals surface area contributed by atoms with E-state index in [2.05, 4.69) is 45.3 Å². The van der Waals surface area contributed by atoms with Crippen molar-refractivity contribution in [2.24, 2.45) is 10.2 Å². The van der Waals surface area contributed by atoms with E-state index in [9.17, 15) is 9.59 Å². The Balaban J connectivity index is 1.22. The maximum Gasteiger partial charge on any atom is 0.240 e. The first-order chi connectivity index (χ1) is 17.5. The number of hydrazone groups is 2. The summed E-state index contributed by atoms with van der Waals surface area (Å²) in [5.41, 5.74) is 8.74. The number of nitrogens with one attached hydrogen (secondary N) is 2. The van der Waals surface area contributed by atoms with Crippen molar-refractivity contribution in [1.29, 1.82) is 0 Å². The number of hydrogen-bond donors (Lipinski definition) is 2. The molecule has 0 fully saturated rings. The molecule has 0 aliphatic rings. The van der Waals surface area contributed by atoms with Crippen molar-refractivity contribution < 1.29 is 9.59 Å². The highest BCUT2D eigenvalue weighted by atomic mass is 16.2. The third-order valence-corrected chi connectivity index (χ3v) is 6.11. The number of benzene rings is 4. The van der Waals surface area contributed by atoms with E-state index in [0.717, 1.165) is 44.1 Å². The lowest BCUT2D eigenvalue weighted by Crippen LogP contribution is -2.20. The van der Waals surface area contributed by atoms with Crippen LogP contribution in [0.1, 0.15) is 50.7 Å². The van der Waals surface area contributed by atoms with E-state index in [4.69, 9.17) is 0 Å². The van der Waals surface area contributed by atoms with Crippen LogP contribution in [0.2, 0.25) is 0 Å². The molecule has 2 N–H and O–H groups in total. The van der Waals surface area contributed by atoms with Gasteiger partial charge in [0.15, 0.2) is 0 Å². The number of fused-ring (bicyclic) bond motifs is 2. The highest BCUT2D eigenvalue weighted by Gasteiger charge is 2.07. The second-order valence-electron chi connectivity index (χ2n) is 8.72. The molecule has 0 bridgehead atoms. The van der Waals surface area contributed by atoms with Crippen molar-refractivity contribution in [3.8, 4) is 0 Å². The topological polar surface area (TPSA) is 82.9 Å². The van der Waals surface area contributed by atoms with Crippen molar-refractivity contribution >= 4 is 44.8 Å². The van der Waals surface area contributed by atoms with Gasteiger partial charge in [0, 0.05) is 24.0 Å². The molecular weight excluding hydrogens is 448 g/mol. The summed E-state index contributed by atoms with van der Waals surface area (Å²) >= 11 is 0. The molecule has 4 aromatic rings. The normalized spacial score (nSPS) is 12.1. The maximum absolute atomic E-state index is 12.2. The molecule has 0 aliphatic heterocycles. The molecule has 0 saturated carbocycles. The lowest BCUT2D eigenvalue weighted by Gasteiger charge is -2.07. The molecule has 4 aromatic carbocycles. The summed E-state index contributed by atoms with van der Waals surface area (Å²) in [5, 5.41) is 13.0. The van der Waals surface area contributed by atoms with E-state index in [1.54, 1.807) is 0 Å². The Morgan fingerprint density at radius 2 is 0.972 bits per heavy atom. The molecule has 0 aromatic heterocycles. The summed E-state index contributed by atoms with van der Waals surface area (Å²) in [6, 6.07) is 28.2. The fourth-order valence-corrected chi connectivity index (χ4v) is 4.18. The predicted molar refractivity (Wildman–Crippen MR) is 147 cm³/mol. The SMILES string of the molecule is CC(=NNC(=O)CCCCC(=O)NN=C(C)c1cccc2ccccc12)c1cccc2ccccc12. The van der Waals surface area contributed by atoms with Crippen molar-refractivity contribution in [2.45, 2.75) is 39.5 Å². The smallest absolute Gasteiger partial charge is 0.240 e. The van der Waals surface area contributed by atoms with Gasteiger partial charge in [0.2, 0.25) is 11.8 Å². The second kappa shape index (κ2) is 11.9. The number of unbranched alkanes of at least 4 members (excludes halogenated alkanes) is 1. The molecule has 36 heavy (non-hydrogen) atoms. The van der Waals surface area contributed by atoms with Crippen LogP contribution in [0.25, 0.3) is 21.5 Å². The fourth-order valence-electron chi connectivity index (χ4n) is 4.18. The van der Waals surface area contributed by atoms with E-state index in [0.29, 0.717) is 25.7 Å².